The smallest absolute Gasteiger partial charge is 0.330 e. The summed E-state index contributed by atoms with van der Waals surface area (Å²) in [6.07, 6.45) is 2.35. The molecule has 0 aliphatic carbocycles. The SMILES string of the molecule is CCCCC1=C(I)C(C(=O)OC)(C(=O)OC)C(I)C(=O)N1. The summed E-state index contributed by atoms with van der Waals surface area (Å²) in [6, 6.07) is 0. The molecule has 1 atom stereocenters. The Kier molecular flexibility index (Phi) is 6.88. The van der Waals surface area contributed by atoms with Crippen LogP contribution in [0.1, 0.15) is 26.2 Å². The van der Waals surface area contributed by atoms with Gasteiger partial charge in [0, 0.05) is 9.28 Å². The number of esters is 2. The summed E-state index contributed by atoms with van der Waals surface area (Å²) in [5.41, 5.74) is -1.14. The Balaban J connectivity index is 3.50. The number of amides is 1. The molecule has 21 heavy (non-hydrogen) atoms. The van der Waals surface area contributed by atoms with Crippen molar-refractivity contribution in [1.82, 2.24) is 5.32 Å². The van der Waals surface area contributed by atoms with E-state index in [0.29, 0.717) is 15.7 Å². The Hall–Kier alpha value is -0.390. The first-order valence-corrected chi connectivity index (χ1v) is 8.71. The summed E-state index contributed by atoms with van der Waals surface area (Å²) in [5.74, 6) is -1.94. The lowest BCUT2D eigenvalue weighted by atomic mass is 9.80. The molecule has 0 saturated carbocycles. The number of alkyl halides is 1. The second kappa shape index (κ2) is 7.75. The standard InChI is InChI=1S/C13H17I2NO5/c1-4-5-6-7-8(14)13(11(18)20-2,12(19)21-3)9(15)10(17)16-7/h9H,4-6H2,1-3H3,(H,16,17). The van der Waals surface area contributed by atoms with Crippen LogP contribution in [0, 0.1) is 5.41 Å². The molecule has 118 valence electrons. The molecule has 1 amide bonds. The number of hydrogen-bond donors (Lipinski definition) is 1. The van der Waals surface area contributed by atoms with E-state index in [0.717, 1.165) is 12.8 Å². The van der Waals surface area contributed by atoms with Crippen molar-refractivity contribution in [2.24, 2.45) is 5.41 Å². The highest BCUT2D eigenvalue weighted by Gasteiger charge is 2.61. The van der Waals surface area contributed by atoms with Crippen LogP contribution in [0.15, 0.2) is 9.28 Å². The Morgan fingerprint density at radius 3 is 2.24 bits per heavy atom. The molecule has 0 aromatic heterocycles. The third kappa shape index (κ3) is 3.20. The molecule has 0 aromatic carbocycles. The third-order valence-corrected chi connectivity index (χ3v) is 6.29. The maximum atomic E-state index is 12.3. The molecule has 1 aliphatic rings. The number of hydrogen-bond acceptors (Lipinski definition) is 5. The van der Waals surface area contributed by atoms with Gasteiger partial charge in [-0.3, -0.25) is 14.4 Å². The quantitative estimate of drug-likeness (QED) is 0.260. The number of carbonyl (C=O) groups excluding carboxylic acids is 3. The number of carbonyl (C=O) groups is 3. The predicted molar refractivity (Wildman–Crippen MR) is 93.0 cm³/mol. The number of allylic oxidation sites excluding steroid dienone is 1. The zero-order valence-corrected chi connectivity index (χ0v) is 16.3. The van der Waals surface area contributed by atoms with Gasteiger partial charge < -0.3 is 14.8 Å². The number of methoxy groups -OCH3 is 2. The zero-order chi connectivity index (χ0) is 16.2. The van der Waals surface area contributed by atoms with Crippen molar-refractivity contribution in [1.29, 1.82) is 0 Å². The molecule has 1 unspecified atom stereocenters. The average molecular weight is 521 g/mol. The summed E-state index contributed by atoms with van der Waals surface area (Å²) in [5, 5.41) is 2.77. The van der Waals surface area contributed by atoms with Gasteiger partial charge in [0.05, 0.1) is 14.2 Å². The normalized spacial score (nSPS) is 20.8. The molecule has 0 spiro atoms. The van der Waals surface area contributed by atoms with Crippen LogP contribution in [-0.4, -0.2) is 36.0 Å². The maximum Gasteiger partial charge on any atom is 0.330 e. The van der Waals surface area contributed by atoms with Gasteiger partial charge in [-0.2, -0.15) is 0 Å². The number of nitrogens with one attached hydrogen (secondary N) is 1. The van der Waals surface area contributed by atoms with E-state index in [-0.39, 0.29) is 0 Å². The number of ether oxygens (including phenoxy) is 2. The highest BCUT2D eigenvalue weighted by molar-refractivity contribution is 14.1. The lowest BCUT2D eigenvalue weighted by molar-refractivity contribution is -0.166. The van der Waals surface area contributed by atoms with Crippen molar-refractivity contribution >= 4 is 63.0 Å². The molecule has 8 heteroatoms. The van der Waals surface area contributed by atoms with E-state index in [2.05, 4.69) is 5.32 Å². The molecule has 0 radical (unpaired) electrons. The van der Waals surface area contributed by atoms with Gasteiger partial charge in [-0.15, -0.1) is 0 Å². The van der Waals surface area contributed by atoms with Gasteiger partial charge >= 0.3 is 11.9 Å². The van der Waals surface area contributed by atoms with Gasteiger partial charge in [-0.25, -0.2) is 0 Å². The minimum atomic E-state index is -1.73. The maximum absolute atomic E-state index is 12.3. The molecule has 1 N–H and O–H groups in total. The van der Waals surface area contributed by atoms with Crippen LogP contribution in [0.2, 0.25) is 0 Å². The second-order valence-electron chi connectivity index (χ2n) is 4.54. The average Bonchev–Trinajstić information content (AvgIpc) is 2.49. The number of rotatable bonds is 5. The molecule has 1 rings (SSSR count). The predicted octanol–water partition coefficient (Wildman–Crippen LogP) is 2.09. The molecule has 1 heterocycles. The van der Waals surface area contributed by atoms with E-state index >= 15 is 0 Å². The van der Waals surface area contributed by atoms with Crippen molar-refractivity contribution in [3.63, 3.8) is 0 Å². The first kappa shape index (κ1) is 18.7. The Bertz CT molecular complexity index is 473. The monoisotopic (exact) mass is 521 g/mol. The number of halogens is 2. The summed E-state index contributed by atoms with van der Waals surface area (Å²) in [4.78, 5) is 36.9. The van der Waals surface area contributed by atoms with Crippen molar-refractivity contribution in [3.8, 4) is 0 Å². The lowest BCUT2D eigenvalue weighted by Crippen LogP contribution is -2.57. The van der Waals surface area contributed by atoms with Crippen molar-refractivity contribution in [2.45, 2.75) is 30.1 Å². The topological polar surface area (TPSA) is 81.7 Å². The molecular formula is C13H17I2NO5. The van der Waals surface area contributed by atoms with Crippen molar-refractivity contribution < 1.29 is 23.9 Å². The van der Waals surface area contributed by atoms with Crippen LogP contribution in [0.5, 0.6) is 0 Å². The molecule has 0 aromatic rings. The first-order valence-electron chi connectivity index (χ1n) is 6.38. The van der Waals surface area contributed by atoms with E-state index in [1.807, 2.05) is 29.5 Å². The van der Waals surface area contributed by atoms with Crippen LogP contribution >= 0.6 is 45.2 Å². The molecule has 0 fully saturated rings. The van der Waals surface area contributed by atoms with E-state index in [4.69, 9.17) is 9.47 Å². The lowest BCUT2D eigenvalue weighted by Gasteiger charge is -2.37. The molecule has 6 nitrogen and oxygen atoms in total. The van der Waals surface area contributed by atoms with E-state index in [1.54, 1.807) is 22.6 Å². The third-order valence-electron chi connectivity index (χ3n) is 3.29. The van der Waals surface area contributed by atoms with Gasteiger partial charge in [-0.1, -0.05) is 35.9 Å². The van der Waals surface area contributed by atoms with Crippen LogP contribution in [0.25, 0.3) is 0 Å². The van der Waals surface area contributed by atoms with Crippen LogP contribution in [0.3, 0.4) is 0 Å². The van der Waals surface area contributed by atoms with E-state index in [9.17, 15) is 14.4 Å². The highest BCUT2D eigenvalue weighted by atomic mass is 127. The molecule has 0 bridgehead atoms. The molecule has 1 aliphatic heterocycles. The minimum Gasteiger partial charge on any atom is -0.468 e. The van der Waals surface area contributed by atoms with E-state index < -0.39 is 27.2 Å². The number of unbranched alkanes of at least 4 members (excludes halogenated alkanes) is 1. The van der Waals surface area contributed by atoms with Crippen LogP contribution in [0.4, 0.5) is 0 Å². The summed E-state index contributed by atoms with van der Waals surface area (Å²) >= 11 is 3.72. The van der Waals surface area contributed by atoms with E-state index in [1.165, 1.54) is 14.2 Å². The fourth-order valence-corrected chi connectivity index (χ4v) is 4.86. The fourth-order valence-electron chi connectivity index (χ4n) is 2.13. The van der Waals surface area contributed by atoms with Gasteiger partial charge in [0.2, 0.25) is 11.3 Å². The first-order chi connectivity index (χ1) is 9.87. The zero-order valence-electron chi connectivity index (χ0n) is 12.0. The highest BCUT2D eigenvalue weighted by Crippen LogP contribution is 2.46. The Labute approximate surface area is 150 Å². The van der Waals surface area contributed by atoms with Crippen LogP contribution in [-0.2, 0) is 23.9 Å². The summed E-state index contributed by atoms with van der Waals surface area (Å²) in [6.45, 7) is 2.02. The minimum absolute atomic E-state index is 0.391. The van der Waals surface area contributed by atoms with Gasteiger partial charge in [0.15, 0.2) is 0 Å². The van der Waals surface area contributed by atoms with Gasteiger partial charge in [-0.05, 0) is 35.4 Å². The van der Waals surface area contributed by atoms with Crippen molar-refractivity contribution in [2.75, 3.05) is 14.2 Å². The Morgan fingerprint density at radius 2 is 1.81 bits per heavy atom. The van der Waals surface area contributed by atoms with Gasteiger partial charge in [0.1, 0.15) is 3.92 Å². The Morgan fingerprint density at radius 1 is 1.29 bits per heavy atom. The van der Waals surface area contributed by atoms with Gasteiger partial charge in [0.25, 0.3) is 0 Å². The summed E-state index contributed by atoms with van der Waals surface area (Å²) < 4.78 is 9.13. The second-order valence-corrected chi connectivity index (χ2v) is 6.86. The largest absolute Gasteiger partial charge is 0.468 e. The van der Waals surface area contributed by atoms with Crippen molar-refractivity contribution in [3.05, 3.63) is 9.28 Å². The summed E-state index contributed by atoms with van der Waals surface area (Å²) in [7, 11) is 2.39. The fraction of sp³-hybridized carbons (Fsp3) is 0.615. The molecule has 0 saturated heterocycles. The van der Waals surface area contributed by atoms with Crippen LogP contribution < -0.4 is 5.32 Å². The molecular weight excluding hydrogens is 504 g/mol.